The van der Waals surface area contributed by atoms with Crippen LogP contribution in [0.3, 0.4) is 0 Å². The van der Waals surface area contributed by atoms with Gasteiger partial charge in [-0.1, -0.05) is 80.6 Å². The lowest BCUT2D eigenvalue weighted by atomic mass is 9.94. The van der Waals surface area contributed by atoms with E-state index in [4.69, 9.17) is 14.2 Å². The van der Waals surface area contributed by atoms with E-state index in [2.05, 4.69) is 25.2 Å². The Kier molecular flexibility index (Phi) is 9.69. The van der Waals surface area contributed by atoms with E-state index in [0.717, 1.165) is 22.3 Å². The molecule has 2 amide bonds. The summed E-state index contributed by atoms with van der Waals surface area (Å²) in [5.41, 5.74) is 4.88. The Morgan fingerprint density at radius 1 is 0.841 bits per heavy atom. The minimum atomic E-state index is -0.993. The Morgan fingerprint density at radius 2 is 1.45 bits per heavy atom. The molecule has 1 atom stereocenters. The molecule has 2 N–H and O–H groups in total. The van der Waals surface area contributed by atoms with Crippen LogP contribution in [0.15, 0.2) is 91.0 Å². The number of amides is 2. The number of carbonyl (C=O) groups is 2. The number of methoxy groups -OCH3 is 1. The van der Waals surface area contributed by atoms with Gasteiger partial charge in [-0.3, -0.25) is 4.79 Å². The van der Waals surface area contributed by atoms with Gasteiger partial charge in [0.05, 0.1) is 12.7 Å². The third-order valence-electron chi connectivity index (χ3n) is 7.78. The van der Waals surface area contributed by atoms with Crippen molar-refractivity contribution in [1.82, 2.24) is 10.2 Å². The predicted molar refractivity (Wildman–Crippen MR) is 170 cm³/mol. The van der Waals surface area contributed by atoms with Crippen LogP contribution in [0.2, 0.25) is 0 Å². The van der Waals surface area contributed by atoms with Crippen LogP contribution in [0.4, 0.5) is 4.79 Å². The highest BCUT2D eigenvalue weighted by Crippen LogP contribution is 2.42. The molecule has 0 aromatic heterocycles. The second-order valence-electron chi connectivity index (χ2n) is 11.2. The summed E-state index contributed by atoms with van der Waals surface area (Å²) in [5.74, 6) is 1.48. The van der Waals surface area contributed by atoms with Crippen LogP contribution >= 0.6 is 0 Å². The minimum absolute atomic E-state index is 0.233. The molecule has 4 aromatic carbocycles. The van der Waals surface area contributed by atoms with Crippen molar-refractivity contribution in [2.24, 2.45) is 0 Å². The number of ether oxygens (including phenoxy) is 3. The summed E-state index contributed by atoms with van der Waals surface area (Å²) in [6, 6.07) is 28.9. The lowest BCUT2D eigenvalue weighted by Gasteiger charge is -2.21. The summed E-state index contributed by atoms with van der Waals surface area (Å²) in [7, 11) is 1.62. The van der Waals surface area contributed by atoms with Crippen molar-refractivity contribution < 1.29 is 28.9 Å². The zero-order valence-corrected chi connectivity index (χ0v) is 25.3. The number of likely N-dealkylation sites (tertiary alicyclic amines) is 1. The Bertz CT molecular complexity index is 1590. The van der Waals surface area contributed by atoms with Crippen molar-refractivity contribution >= 4 is 12.0 Å². The van der Waals surface area contributed by atoms with E-state index in [1.165, 1.54) is 4.90 Å². The molecule has 0 saturated carbocycles. The van der Waals surface area contributed by atoms with Crippen LogP contribution in [0.5, 0.6) is 17.2 Å². The Morgan fingerprint density at radius 3 is 2.02 bits per heavy atom. The SMILES string of the molecule is COc1ccc(C(C)C)cc1-c1cc(C(=O)NC2CCN(C(=O)O)C2)c(OCc2ccccc2)cc1OCc1ccccc1. The minimum Gasteiger partial charge on any atom is -0.496 e. The van der Waals surface area contributed by atoms with Crippen molar-refractivity contribution in [2.45, 2.75) is 45.4 Å². The zero-order chi connectivity index (χ0) is 31.1. The van der Waals surface area contributed by atoms with Crippen LogP contribution in [0.1, 0.15) is 53.2 Å². The molecule has 0 spiro atoms. The molecule has 1 fully saturated rings. The molecular weight excluding hydrogens is 556 g/mol. The molecular formula is C36H38N2O6. The highest BCUT2D eigenvalue weighted by molar-refractivity contribution is 5.99. The number of rotatable bonds is 11. The monoisotopic (exact) mass is 594 g/mol. The third-order valence-corrected chi connectivity index (χ3v) is 7.78. The molecule has 0 bridgehead atoms. The standard InChI is InChI=1S/C36H38N2O6/c1-24(2)27-14-15-32(42-3)29(18-27)30-19-31(35(39)37-28-16-17-38(21-28)36(40)41)34(44-23-26-12-8-5-9-13-26)20-33(30)43-22-25-10-6-4-7-11-25/h4-15,18-20,24,28H,16-17,21-23H2,1-3H3,(H,37,39)(H,40,41). The summed E-state index contributed by atoms with van der Waals surface area (Å²) in [5, 5.41) is 12.4. The molecule has 44 heavy (non-hydrogen) atoms. The smallest absolute Gasteiger partial charge is 0.407 e. The average Bonchev–Trinajstić information content (AvgIpc) is 3.52. The van der Waals surface area contributed by atoms with Gasteiger partial charge >= 0.3 is 6.09 Å². The molecule has 228 valence electrons. The summed E-state index contributed by atoms with van der Waals surface area (Å²) in [4.78, 5) is 26.7. The van der Waals surface area contributed by atoms with Gasteiger partial charge in [-0.15, -0.1) is 0 Å². The van der Waals surface area contributed by atoms with Gasteiger partial charge in [0.25, 0.3) is 5.91 Å². The van der Waals surface area contributed by atoms with Gasteiger partial charge in [-0.2, -0.15) is 0 Å². The van der Waals surface area contributed by atoms with Crippen molar-refractivity contribution in [3.8, 4) is 28.4 Å². The van der Waals surface area contributed by atoms with E-state index < -0.39 is 6.09 Å². The largest absolute Gasteiger partial charge is 0.496 e. The first-order valence-corrected chi connectivity index (χ1v) is 14.8. The zero-order valence-electron chi connectivity index (χ0n) is 25.3. The normalized spacial score (nSPS) is 14.4. The quantitative estimate of drug-likeness (QED) is 0.192. The van der Waals surface area contributed by atoms with Gasteiger partial charge in [0, 0.05) is 36.3 Å². The van der Waals surface area contributed by atoms with Crippen LogP contribution in [-0.4, -0.2) is 48.2 Å². The van der Waals surface area contributed by atoms with Crippen molar-refractivity contribution in [2.75, 3.05) is 20.2 Å². The lowest BCUT2D eigenvalue weighted by Crippen LogP contribution is -2.38. The van der Waals surface area contributed by atoms with E-state index >= 15 is 0 Å². The molecule has 4 aromatic rings. The molecule has 8 heteroatoms. The maximum absolute atomic E-state index is 13.9. The summed E-state index contributed by atoms with van der Waals surface area (Å²) < 4.78 is 18.5. The van der Waals surface area contributed by atoms with E-state index in [1.807, 2.05) is 72.8 Å². The van der Waals surface area contributed by atoms with Gasteiger partial charge < -0.3 is 29.5 Å². The topological polar surface area (TPSA) is 97.3 Å². The van der Waals surface area contributed by atoms with Gasteiger partial charge in [0.15, 0.2) is 0 Å². The van der Waals surface area contributed by atoms with E-state index in [9.17, 15) is 14.7 Å². The van der Waals surface area contributed by atoms with Crippen molar-refractivity contribution in [3.63, 3.8) is 0 Å². The summed E-state index contributed by atoms with van der Waals surface area (Å²) in [6.07, 6.45) is -0.457. The highest BCUT2D eigenvalue weighted by Gasteiger charge is 2.29. The predicted octanol–water partition coefficient (Wildman–Crippen LogP) is 7.13. The fraction of sp³-hybridized carbons (Fsp3) is 0.278. The van der Waals surface area contributed by atoms with E-state index in [-0.39, 0.29) is 31.0 Å². The maximum Gasteiger partial charge on any atom is 0.407 e. The van der Waals surface area contributed by atoms with Crippen molar-refractivity contribution in [1.29, 1.82) is 0 Å². The second-order valence-corrected chi connectivity index (χ2v) is 11.2. The molecule has 0 radical (unpaired) electrons. The lowest BCUT2D eigenvalue weighted by molar-refractivity contribution is 0.0931. The third kappa shape index (κ3) is 7.32. The maximum atomic E-state index is 13.9. The summed E-state index contributed by atoms with van der Waals surface area (Å²) in [6.45, 7) is 5.42. The second kappa shape index (κ2) is 14.0. The molecule has 8 nitrogen and oxygen atoms in total. The van der Waals surface area contributed by atoms with Gasteiger partial charge in [-0.05, 0) is 47.2 Å². The fourth-order valence-electron chi connectivity index (χ4n) is 5.27. The number of nitrogens with one attached hydrogen (secondary N) is 1. The number of hydrogen-bond acceptors (Lipinski definition) is 5. The fourth-order valence-corrected chi connectivity index (χ4v) is 5.27. The number of carbonyl (C=O) groups excluding carboxylic acids is 1. The van der Waals surface area contributed by atoms with Gasteiger partial charge in [0.2, 0.25) is 0 Å². The number of hydrogen-bond donors (Lipinski definition) is 2. The van der Waals surface area contributed by atoms with E-state index in [0.29, 0.717) is 47.9 Å². The van der Waals surface area contributed by atoms with Crippen LogP contribution in [0.25, 0.3) is 11.1 Å². The molecule has 1 aliphatic heterocycles. The Hall–Kier alpha value is -4.98. The molecule has 5 rings (SSSR count). The van der Waals surface area contributed by atoms with Gasteiger partial charge in [-0.25, -0.2) is 4.79 Å². The average molecular weight is 595 g/mol. The first-order valence-electron chi connectivity index (χ1n) is 14.8. The Labute approximate surface area is 258 Å². The number of nitrogens with zero attached hydrogens (tertiary/aromatic N) is 1. The van der Waals surface area contributed by atoms with Gasteiger partial charge in [0.1, 0.15) is 30.5 Å². The van der Waals surface area contributed by atoms with Crippen LogP contribution in [0, 0.1) is 0 Å². The molecule has 1 unspecified atom stereocenters. The highest BCUT2D eigenvalue weighted by atomic mass is 16.5. The van der Waals surface area contributed by atoms with Crippen LogP contribution < -0.4 is 19.5 Å². The molecule has 1 aliphatic rings. The molecule has 0 aliphatic carbocycles. The molecule has 1 heterocycles. The first-order chi connectivity index (χ1) is 21.3. The molecule has 1 saturated heterocycles. The van der Waals surface area contributed by atoms with E-state index in [1.54, 1.807) is 19.2 Å². The number of carboxylic acid groups (broad SMARTS) is 1. The van der Waals surface area contributed by atoms with Crippen LogP contribution in [-0.2, 0) is 13.2 Å². The number of benzene rings is 4. The Balaban J connectivity index is 1.59. The summed E-state index contributed by atoms with van der Waals surface area (Å²) >= 11 is 0. The first kappa shape index (κ1) is 30.5. The van der Waals surface area contributed by atoms with Crippen molar-refractivity contribution in [3.05, 3.63) is 113 Å².